The lowest BCUT2D eigenvalue weighted by molar-refractivity contribution is -0.117. The van der Waals surface area contributed by atoms with E-state index in [-0.39, 0.29) is 6.42 Å². The molecular weight excluding hydrogens is 292 g/mol. The third kappa shape index (κ3) is 3.39. The number of carbonyl (C=O) groups excluding carboxylic acids is 1. The van der Waals surface area contributed by atoms with Crippen LogP contribution in [-0.4, -0.2) is 30.5 Å². The Bertz CT molecular complexity index is 819. The van der Waals surface area contributed by atoms with Crippen LogP contribution in [0, 0.1) is 0 Å². The smallest absolute Gasteiger partial charge is 0.225 e. The zero-order valence-corrected chi connectivity index (χ0v) is 13.1. The third-order valence-electron chi connectivity index (χ3n) is 3.69. The monoisotopic (exact) mass is 312 g/mol. The molecule has 3 rings (SSSR count). The van der Waals surface area contributed by atoms with E-state index >= 15 is 0 Å². The second-order valence-electron chi connectivity index (χ2n) is 5.53. The summed E-state index contributed by atoms with van der Waals surface area (Å²) in [5.74, 6) is 0.845. The zero-order chi connectivity index (χ0) is 16.2. The first kappa shape index (κ1) is 15.2. The van der Waals surface area contributed by atoms with Gasteiger partial charge in [0.25, 0.3) is 0 Å². The molecule has 0 spiro atoms. The van der Waals surface area contributed by atoms with Crippen LogP contribution in [0.1, 0.15) is 31.4 Å². The van der Waals surface area contributed by atoms with Crippen molar-refractivity contribution in [3.63, 3.8) is 0 Å². The fourth-order valence-corrected chi connectivity index (χ4v) is 2.55. The van der Waals surface area contributed by atoms with Gasteiger partial charge in [-0.25, -0.2) is 9.67 Å². The fourth-order valence-electron chi connectivity index (χ4n) is 2.55. The van der Waals surface area contributed by atoms with Gasteiger partial charge in [0.1, 0.15) is 12.4 Å². The van der Waals surface area contributed by atoms with Gasteiger partial charge in [0.15, 0.2) is 5.82 Å². The van der Waals surface area contributed by atoms with Crippen molar-refractivity contribution in [2.75, 3.05) is 0 Å². The average molecular weight is 312 g/mol. The molecule has 0 saturated carbocycles. The number of unbranched alkanes of at least 4 members (excludes halogenated alkanes) is 1. The Morgan fingerprint density at radius 2 is 2.09 bits per heavy atom. The van der Waals surface area contributed by atoms with Crippen LogP contribution in [0.3, 0.4) is 0 Å². The molecule has 0 aliphatic carbocycles. The Hall–Kier alpha value is -2.70. The average Bonchev–Trinajstić information content (AvgIpc) is 3.10. The summed E-state index contributed by atoms with van der Waals surface area (Å²) in [5.41, 5.74) is 6.30. The zero-order valence-electron chi connectivity index (χ0n) is 13.1. The number of para-hydroxylation sites is 1. The van der Waals surface area contributed by atoms with Crippen LogP contribution >= 0.6 is 0 Å². The van der Waals surface area contributed by atoms with Crippen molar-refractivity contribution in [2.24, 2.45) is 5.73 Å². The molecule has 0 aliphatic rings. The van der Waals surface area contributed by atoms with Crippen molar-refractivity contribution < 1.29 is 4.79 Å². The number of benzene rings is 1. The van der Waals surface area contributed by atoms with Gasteiger partial charge in [0.2, 0.25) is 5.91 Å². The van der Waals surface area contributed by atoms with E-state index in [1.807, 2.05) is 39.8 Å². The summed E-state index contributed by atoms with van der Waals surface area (Å²) in [6.07, 6.45) is 3.97. The van der Waals surface area contributed by atoms with Crippen molar-refractivity contribution in [2.45, 2.75) is 39.3 Å². The maximum absolute atomic E-state index is 11.1. The topological polar surface area (TPSA) is 91.6 Å². The van der Waals surface area contributed by atoms with Gasteiger partial charge >= 0.3 is 0 Å². The van der Waals surface area contributed by atoms with Gasteiger partial charge in [-0.15, -0.1) is 0 Å². The van der Waals surface area contributed by atoms with Crippen LogP contribution in [0.5, 0.6) is 0 Å². The first-order valence-corrected chi connectivity index (χ1v) is 7.79. The third-order valence-corrected chi connectivity index (χ3v) is 3.69. The summed E-state index contributed by atoms with van der Waals surface area (Å²) in [4.78, 5) is 15.6. The summed E-state index contributed by atoms with van der Waals surface area (Å²) in [6.45, 7) is 3.42. The predicted molar refractivity (Wildman–Crippen MR) is 86.7 cm³/mol. The van der Waals surface area contributed by atoms with Gasteiger partial charge in [-0.05, 0) is 12.5 Å². The van der Waals surface area contributed by atoms with E-state index in [1.54, 1.807) is 0 Å². The molecule has 1 aromatic carbocycles. The second kappa shape index (κ2) is 6.60. The number of hydrogen-bond donors (Lipinski definition) is 1. The summed E-state index contributed by atoms with van der Waals surface area (Å²) >= 11 is 0. The SMILES string of the molecule is CCCCn1nc(CC(N)=O)nc1Cn1ncc2ccccc21. The van der Waals surface area contributed by atoms with E-state index in [1.165, 1.54) is 0 Å². The van der Waals surface area contributed by atoms with E-state index < -0.39 is 5.91 Å². The molecule has 0 bridgehead atoms. The molecule has 23 heavy (non-hydrogen) atoms. The Labute approximate surface area is 134 Å². The number of aryl methyl sites for hydroxylation is 1. The van der Waals surface area contributed by atoms with Crippen molar-refractivity contribution in [3.05, 3.63) is 42.1 Å². The van der Waals surface area contributed by atoms with Crippen molar-refractivity contribution in [1.29, 1.82) is 0 Å². The molecule has 0 unspecified atom stereocenters. The summed E-state index contributed by atoms with van der Waals surface area (Å²) < 4.78 is 3.76. The minimum atomic E-state index is -0.422. The van der Waals surface area contributed by atoms with Crippen LogP contribution in [-0.2, 0) is 24.3 Å². The molecule has 7 heteroatoms. The van der Waals surface area contributed by atoms with Crippen molar-refractivity contribution in [3.8, 4) is 0 Å². The van der Waals surface area contributed by atoms with Crippen molar-refractivity contribution >= 4 is 16.8 Å². The lowest BCUT2D eigenvalue weighted by Crippen LogP contribution is -2.14. The first-order chi connectivity index (χ1) is 11.2. The fraction of sp³-hybridized carbons (Fsp3) is 0.375. The lowest BCUT2D eigenvalue weighted by Gasteiger charge is -2.06. The number of fused-ring (bicyclic) bond motifs is 1. The number of primary amides is 1. The van der Waals surface area contributed by atoms with E-state index in [2.05, 4.69) is 22.1 Å². The molecule has 0 aliphatic heterocycles. The number of aromatic nitrogens is 5. The molecule has 0 saturated heterocycles. The van der Waals surface area contributed by atoms with Gasteiger partial charge in [0.05, 0.1) is 18.1 Å². The van der Waals surface area contributed by atoms with Crippen LogP contribution < -0.4 is 5.73 Å². The Morgan fingerprint density at radius 1 is 1.26 bits per heavy atom. The van der Waals surface area contributed by atoms with Gasteiger partial charge in [-0.2, -0.15) is 10.2 Å². The number of nitrogens with zero attached hydrogens (tertiary/aromatic N) is 5. The highest BCUT2D eigenvalue weighted by atomic mass is 16.1. The highest BCUT2D eigenvalue weighted by Crippen LogP contribution is 2.14. The predicted octanol–water partition coefficient (Wildman–Crippen LogP) is 1.50. The Morgan fingerprint density at radius 3 is 2.87 bits per heavy atom. The summed E-state index contributed by atoms with van der Waals surface area (Å²) in [5, 5.41) is 9.93. The molecular formula is C16H20N6O. The number of nitrogens with two attached hydrogens (primary N) is 1. The Kier molecular flexibility index (Phi) is 4.36. The van der Waals surface area contributed by atoms with E-state index in [9.17, 15) is 4.79 Å². The van der Waals surface area contributed by atoms with E-state index in [4.69, 9.17) is 5.73 Å². The van der Waals surface area contributed by atoms with Crippen LogP contribution in [0.2, 0.25) is 0 Å². The van der Waals surface area contributed by atoms with Crippen molar-refractivity contribution in [1.82, 2.24) is 24.5 Å². The lowest BCUT2D eigenvalue weighted by atomic mass is 10.2. The maximum atomic E-state index is 11.1. The number of carbonyl (C=O) groups is 1. The maximum Gasteiger partial charge on any atom is 0.225 e. The minimum absolute atomic E-state index is 0.0615. The number of hydrogen-bond acceptors (Lipinski definition) is 4. The Balaban J connectivity index is 1.90. The van der Waals surface area contributed by atoms with Gasteiger partial charge in [-0.1, -0.05) is 31.5 Å². The molecule has 2 heterocycles. The standard InChI is InChI=1S/C16H20N6O/c1-2-3-8-21-16(19-15(20-21)9-14(17)23)11-22-13-7-5-4-6-12(13)10-18-22/h4-7,10H,2-3,8-9,11H2,1H3,(H2,17,23). The molecule has 2 N–H and O–H groups in total. The molecule has 7 nitrogen and oxygen atoms in total. The largest absolute Gasteiger partial charge is 0.369 e. The van der Waals surface area contributed by atoms with Gasteiger partial charge < -0.3 is 5.73 Å². The quantitative estimate of drug-likeness (QED) is 0.715. The summed E-state index contributed by atoms with van der Waals surface area (Å²) in [6, 6.07) is 8.03. The second-order valence-corrected chi connectivity index (χ2v) is 5.53. The highest BCUT2D eigenvalue weighted by molar-refractivity contribution is 5.78. The highest BCUT2D eigenvalue weighted by Gasteiger charge is 2.13. The van der Waals surface area contributed by atoms with Crippen LogP contribution in [0.4, 0.5) is 0 Å². The van der Waals surface area contributed by atoms with Gasteiger partial charge in [0, 0.05) is 11.9 Å². The molecule has 3 aromatic rings. The number of rotatable bonds is 7. The molecule has 0 atom stereocenters. The summed E-state index contributed by atoms with van der Waals surface area (Å²) in [7, 11) is 0. The van der Waals surface area contributed by atoms with Crippen LogP contribution in [0.25, 0.3) is 10.9 Å². The molecule has 120 valence electrons. The molecule has 0 fully saturated rings. The van der Waals surface area contributed by atoms with E-state index in [0.29, 0.717) is 12.4 Å². The molecule has 1 amide bonds. The number of amides is 1. The molecule has 2 aromatic heterocycles. The normalized spacial score (nSPS) is 11.2. The minimum Gasteiger partial charge on any atom is -0.369 e. The molecule has 0 radical (unpaired) electrons. The van der Waals surface area contributed by atoms with Crippen LogP contribution in [0.15, 0.2) is 30.5 Å². The van der Waals surface area contributed by atoms with E-state index in [0.717, 1.165) is 36.1 Å². The van der Waals surface area contributed by atoms with Gasteiger partial charge in [-0.3, -0.25) is 9.48 Å². The first-order valence-electron chi connectivity index (χ1n) is 7.79.